The molecule has 4 N–H and O–H groups in total. The molecule has 0 heterocycles. The number of allylic oxidation sites excluding steroid dienone is 12. The van der Waals surface area contributed by atoms with Crippen molar-refractivity contribution in [3.8, 4) is 0 Å². The molecule has 0 bridgehead atoms. The number of ether oxygens (including phenoxy) is 2. The van der Waals surface area contributed by atoms with Gasteiger partial charge in [0, 0.05) is 13.0 Å². The first-order chi connectivity index (χ1) is 25.7. The van der Waals surface area contributed by atoms with Gasteiger partial charge in [-0.3, -0.25) is 18.6 Å². The zero-order valence-electron chi connectivity index (χ0n) is 32.8. The van der Waals surface area contributed by atoms with Crippen molar-refractivity contribution in [1.82, 2.24) is 0 Å². The van der Waals surface area contributed by atoms with Gasteiger partial charge in [-0.2, -0.15) is 0 Å². The van der Waals surface area contributed by atoms with E-state index in [1.807, 2.05) is 0 Å². The Morgan fingerprint density at radius 3 is 1.57 bits per heavy atom. The number of nitrogens with two attached hydrogens (primary N) is 1. The number of esters is 1. The molecule has 0 rings (SSSR count). The largest absolute Gasteiger partial charge is 0.480 e. The average Bonchev–Trinajstić information content (AvgIpc) is 3.13. The molecule has 0 aromatic heterocycles. The van der Waals surface area contributed by atoms with E-state index in [1.165, 1.54) is 44.9 Å². The zero-order valence-corrected chi connectivity index (χ0v) is 33.7. The van der Waals surface area contributed by atoms with Crippen LogP contribution in [0.25, 0.3) is 0 Å². The zero-order chi connectivity index (χ0) is 39.1. The third-order valence-corrected chi connectivity index (χ3v) is 8.95. The summed E-state index contributed by atoms with van der Waals surface area (Å²) in [6.45, 7) is 3.58. The Morgan fingerprint density at radius 1 is 0.623 bits per heavy atom. The maximum absolute atomic E-state index is 12.5. The summed E-state index contributed by atoms with van der Waals surface area (Å²) in [4.78, 5) is 33.4. The van der Waals surface area contributed by atoms with E-state index in [2.05, 4.69) is 91.3 Å². The Kier molecular flexibility index (Phi) is 35.9. The Morgan fingerprint density at radius 2 is 1.08 bits per heavy atom. The number of carbonyl (C=O) groups excluding carboxylic acids is 1. The van der Waals surface area contributed by atoms with Gasteiger partial charge in [-0.1, -0.05) is 151 Å². The highest BCUT2D eigenvalue weighted by atomic mass is 31.2. The maximum atomic E-state index is 12.5. The van der Waals surface area contributed by atoms with Crippen LogP contribution in [-0.2, 0) is 32.7 Å². The number of hydrogen-bond donors (Lipinski definition) is 3. The second kappa shape index (κ2) is 37.7. The molecule has 10 nitrogen and oxygen atoms in total. The SMILES string of the molecule is CC/C=C\C/C=C\C/C=C\C/C=C\C/C=C\C/C=C\CCCOCC(COP(=O)(O)OCC(N)C(=O)O)OC(=O)CCCCCCCCCCCCC. The van der Waals surface area contributed by atoms with E-state index >= 15 is 0 Å². The highest BCUT2D eigenvalue weighted by Gasteiger charge is 2.27. The van der Waals surface area contributed by atoms with Crippen LogP contribution in [0, 0.1) is 0 Å². The van der Waals surface area contributed by atoms with E-state index in [0.717, 1.165) is 70.6 Å². The molecule has 0 fully saturated rings. The number of phosphoric acid groups is 1. The molecule has 0 spiro atoms. The lowest BCUT2D eigenvalue weighted by Crippen LogP contribution is -2.34. The summed E-state index contributed by atoms with van der Waals surface area (Å²) in [6.07, 6.45) is 45.4. The number of aliphatic carboxylic acids is 1. The molecule has 3 unspecified atom stereocenters. The van der Waals surface area contributed by atoms with Crippen molar-refractivity contribution in [1.29, 1.82) is 0 Å². The number of carboxylic acids is 1. The summed E-state index contributed by atoms with van der Waals surface area (Å²) < 4.78 is 33.1. The maximum Gasteiger partial charge on any atom is 0.472 e. The first-order valence-electron chi connectivity index (χ1n) is 20.0. The van der Waals surface area contributed by atoms with Crippen molar-refractivity contribution in [3.05, 3.63) is 72.9 Å². The summed E-state index contributed by atoms with van der Waals surface area (Å²) >= 11 is 0. The fourth-order valence-electron chi connectivity index (χ4n) is 4.91. The van der Waals surface area contributed by atoms with Gasteiger partial charge in [-0.25, -0.2) is 4.57 Å². The summed E-state index contributed by atoms with van der Waals surface area (Å²) in [6, 6.07) is -1.48. The minimum atomic E-state index is -4.63. The van der Waals surface area contributed by atoms with Crippen molar-refractivity contribution in [2.45, 2.75) is 154 Å². The Bertz CT molecular complexity index is 1120. The third-order valence-electron chi connectivity index (χ3n) is 8.00. The quantitative estimate of drug-likeness (QED) is 0.0241. The lowest BCUT2D eigenvalue weighted by molar-refractivity contribution is -0.154. The molecule has 0 radical (unpaired) electrons. The number of carboxylic acid groups (broad SMARTS) is 1. The Balaban J connectivity index is 4.38. The fraction of sp³-hybridized carbons (Fsp3) is 0.667. The van der Waals surface area contributed by atoms with Gasteiger partial charge in [0.05, 0.1) is 19.8 Å². The van der Waals surface area contributed by atoms with Crippen molar-refractivity contribution in [2.24, 2.45) is 5.73 Å². The minimum Gasteiger partial charge on any atom is -0.480 e. The van der Waals surface area contributed by atoms with Crippen LogP contribution in [0.15, 0.2) is 72.9 Å². The van der Waals surface area contributed by atoms with Gasteiger partial charge >= 0.3 is 19.8 Å². The summed E-state index contributed by atoms with van der Waals surface area (Å²) in [7, 11) is -4.63. The van der Waals surface area contributed by atoms with Gasteiger partial charge < -0.3 is 25.2 Å². The summed E-state index contributed by atoms with van der Waals surface area (Å²) in [5.74, 6) is -1.81. The standard InChI is InChI=1S/C42H72NO9P/c1-3-5-7-9-11-13-15-16-17-18-19-20-21-22-23-25-27-29-31-33-35-49-36-39(37-50-53(47,48)51-38-40(43)42(45)46)52-41(44)34-32-30-28-26-24-14-12-10-8-6-4-2/h5,7,11,13,16-17,19-20,22-23,27,29,39-40H,3-4,6,8-10,12,14-15,18,21,24-26,28,30-38,43H2,1-2H3,(H,45,46)(H,47,48)/b7-5-,13-11-,17-16-,20-19-,23-22-,29-27-. The van der Waals surface area contributed by atoms with Crippen LogP contribution in [0.3, 0.4) is 0 Å². The predicted octanol–water partition coefficient (Wildman–Crippen LogP) is 10.6. The highest BCUT2D eigenvalue weighted by molar-refractivity contribution is 7.47. The van der Waals surface area contributed by atoms with Gasteiger partial charge in [0.15, 0.2) is 0 Å². The van der Waals surface area contributed by atoms with Gasteiger partial charge in [0.1, 0.15) is 12.1 Å². The number of phosphoric ester groups is 1. The van der Waals surface area contributed by atoms with Crippen molar-refractivity contribution >= 4 is 19.8 Å². The van der Waals surface area contributed by atoms with Crippen molar-refractivity contribution in [3.63, 3.8) is 0 Å². The van der Waals surface area contributed by atoms with Crippen molar-refractivity contribution in [2.75, 3.05) is 26.4 Å². The van der Waals surface area contributed by atoms with E-state index in [4.69, 9.17) is 24.8 Å². The average molecular weight is 766 g/mol. The van der Waals surface area contributed by atoms with Crippen LogP contribution in [-0.4, -0.2) is 60.5 Å². The molecule has 0 aliphatic heterocycles. The number of carbonyl (C=O) groups is 2. The molecule has 304 valence electrons. The van der Waals surface area contributed by atoms with E-state index < -0.39 is 45.1 Å². The van der Waals surface area contributed by atoms with Gasteiger partial charge in [0.2, 0.25) is 0 Å². The topological polar surface area (TPSA) is 155 Å². The van der Waals surface area contributed by atoms with E-state index in [0.29, 0.717) is 13.0 Å². The molecule has 0 aromatic rings. The van der Waals surface area contributed by atoms with Crippen LogP contribution in [0.4, 0.5) is 0 Å². The first kappa shape index (κ1) is 50.4. The molecule has 3 atom stereocenters. The first-order valence-corrected chi connectivity index (χ1v) is 21.5. The molecule has 0 aromatic carbocycles. The van der Waals surface area contributed by atoms with E-state index in [9.17, 15) is 19.0 Å². The Labute approximate surface area is 321 Å². The summed E-state index contributed by atoms with van der Waals surface area (Å²) in [5, 5.41) is 8.87. The molecule has 0 saturated heterocycles. The number of hydrogen-bond acceptors (Lipinski definition) is 8. The Hall–Kier alpha value is -2.59. The molecular formula is C42H72NO9P. The molecule has 0 aliphatic rings. The van der Waals surface area contributed by atoms with Crippen LogP contribution in [0.5, 0.6) is 0 Å². The number of unbranched alkanes of at least 4 members (excludes halogenated alkanes) is 11. The van der Waals surface area contributed by atoms with Crippen LogP contribution < -0.4 is 5.73 Å². The van der Waals surface area contributed by atoms with Crippen LogP contribution >= 0.6 is 7.82 Å². The van der Waals surface area contributed by atoms with Crippen LogP contribution in [0.1, 0.15) is 142 Å². The lowest BCUT2D eigenvalue weighted by atomic mass is 10.1. The highest BCUT2D eigenvalue weighted by Crippen LogP contribution is 2.43. The molecule has 11 heteroatoms. The van der Waals surface area contributed by atoms with Gasteiger partial charge in [-0.15, -0.1) is 0 Å². The normalized spacial score (nSPS) is 14.8. The van der Waals surface area contributed by atoms with Crippen LogP contribution in [0.2, 0.25) is 0 Å². The predicted molar refractivity (Wildman–Crippen MR) is 217 cm³/mol. The second-order valence-corrected chi connectivity index (χ2v) is 14.5. The fourth-order valence-corrected chi connectivity index (χ4v) is 5.69. The minimum absolute atomic E-state index is 0.0254. The summed E-state index contributed by atoms with van der Waals surface area (Å²) in [5.41, 5.74) is 5.33. The second-order valence-electron chi connectivity index (χ2n) is 13.0. The smallest absolute Gasteiger partial charge is 0.472 e. The molecule has 0 saturated carbocycles. The molecule has 0 amide bonds. The van der Waals surface area contributed by atoms with Gasteiger partial charge in [-0.05, 0) is 57.8 Å². The number of rotatable bonds is 37. The van der Waals surface area contributed by atoms with Gasteiger partial charge in [0.25, 0.3) is 0 Å². The van der Waals surface area contributed by atoms with Crippen molar-refractivity contribution < 1.29 is 42.7 Å². The lowest BCUT2D eigenvalue weighted by Gasteiger charge is -2.20. The third kappa shape index (κ3) is 37.5. The molecular weight excluding hydrogens is 693 g/mol. The molecule has 53 heavy (non-hydrogen) atoms. The van der Waals surface area contributed by atoms with E-state index in [-0.39, 0.29) is 13.0 Å². The van der Waals surface area contributed by atoms with E-state index in [1.54, 1.807) is 0 Å². The monoisotopic (exact) mass is 765 g/mol. The molecule has 0 aliphatic carbocycles.